The summed E-state index contributed by atoms with van der Waals surface area (Å²) < 4.78 is 35.0. The molecule has 35 heavy (non-hydrogen) atoms. The first kappa shape index (κ1) is 24.8. The van der Waals surface area contributed by atoms with E-state index in [1.54, 1.807) is 18.2 Å². The standard InChI is InChI=1S/C24H24ClF2N3O5/c1-12-16(5-7-18(35-2)20(12)25)24(26,27)23(34)28-10-13-3-4-15-14(9-13)11-30(22(15)33)17-6-8-19(31)29-21(17)32/h3-5,7,9,12,16-17H,6,8,10-11H2,1-2H3,(H,28,34)(H,29,31,32). The van der Waals surface area contributed by atoms with Gasteiger partial charge in [0.25, 0.3) is 11.8 Å². The van der Waals surface area contributed by atoms with Gasteiger partial charge >= 0.3 is 5.92 Å². The van der Waals surface area contributed by atoms with Crippen LogP contribution in [0, 0.1) is 11.8 Å². The molecular formula is C24H24ClF2N3O5. The molecule has 0 bridgehead atoms. The number of rotatable bonds is 6. The van der Waals surface area contributed by atoms with Gasteiger partial charge in [0.1, 0.15) is 11.8 Å². The van der Waals surface area contributed by atoms with Crippen molar-refractivity contribution >= 4 is 35.2 Å². The lowest BCUT2D eigenvalue weighted by Crippen LogP contribution is -2.52. The number of ether oxygens (including phenoxy) is 1. The summed E-state index contributed by atoms with van der Waals surface area (Å²) in [6.45, 7) is 1.48. The van der Waals surface area contributed by atoms with Gasteiger partial charge < -0.3 is 15.0 Å². The lowest BCUT2D eigenvalue weighted by atomic mass is 9.83. The number of nitrogens with one attached hydrogen (secondary N) is 2. The van der Waals surface area contributed by atoms with Gasteiger partial charge in [-0.2, -0.15) is 8.78 Å². The van der Waals surface area contributed by atoms with Gasteiger partial charge in [0.15, 0.2) is 0 Å². The summed E-state index contributed by atoms with van der Waals surface area (Å²) in [5.74, 6) is -8.36. The molecule has 11 heteroatoms. The summed E-state index contributed by atoms with van der Waals surface area (Å²) in [5, 5.41) is 4.63. The predicted molar refractivity (Wildman–Crippen MR) is 121 cm³/mol. The third kappa shape index (κ3) is 4.54. The average Bonchev–Trinajstić information content (AvgIpc) is 3.14. The highest BCUT2D eigenvalue weighted by Crippen LogP contribution is 2.41. The van der Waals surface area contributed by atoms with Gasteiger partial charge in [-0.15, -0.1) is 0 Å². The molecule has 8 nitrogen and oxygen atoms in total. The van der Waals surface area contributed by atoms with Crippen molar-refractivity contribution in [3.05, 3.63) is 57.8 Å². The molecule has 3 unspecified atom stereocenters. The van der Waals surface area contributed by atoms with Gasteiger partial charge in [0, 0.05) is 31.0 Å². The Labute approximate surface area is 205 Å². The Kier molecular flexibility index (Phi) is 6.68. The number of fused-ring (bicyclic) bond motifs is 1. The van der Waals surface area contributed by atoms with Crippen LogP contribution < -0.4 is 10.6 Å². The van der Waals surface area contributed by atoms with E-state index in [1.807, 2.05) is 0 Å². The lowest BCUT2D eigenvalue weighted by molar-refractivity contribution is -0.153. The van der Waals surface area contributed by atoms with Crippen LogP contribution in [-0.4, -0.2) is 47.6 Å². The fourth-order valence-corrected chi connectivity index (χ4v) is 4.88. The van der Waals surface area contributed by atoms with Crippen LogP contribution in [-0.2, 0) is 32.2 Å². The molecule has 0 radical (unpaired) electrons. The lowest BCUT2D eigenvalue weighted by Gasteiger charge is -2.31. The van der Waals surface area contributed by atoms with Crippen molar-refractivity contribution in [1.82, 2.24) is 15.5 Å². The average molecular weight is 508 g/mol. The number of nitrogens with zero attached hydrogens (tertiary/aromatic N) is 1. The highest BCUT2D eigenvalue weighted by Gasteiger charge is 2.50. The molecule has 1 fully saturated rings. The maximum atomic E-state index is 15.0. The number of methoxy groups -OCH3 is 1. The van der Waals surface area contributed by atoms with Gasteiger partial charge in [-0.1, -0.05) is 36.7 Å². The molecule has 1 aromatic rings. The number of allylic oxidation sites excluding steroid dienone is 3. The Bertz CT molecular complexity index is 1170. The van der Waals surface area contributed by atoms with E-state index in [4.69, 9.17) is 16.3 Å². The normalized spacial score (nSPS) is 24.4. The predicted octanol–water partition coefficient (Wildman–Crippen LogP) is 2.62. The smallest absolute Gasteiger partial charge is 0.331 e. The topological polar surface area (TPSA) is 105 Å². The van der Waals surface area contributed by atoms with Crippen LogP contribution in [0.15, 0.2) is 41.1 Å². The van der Waals surface area contributed by atoms with Gasteiger partial charge in [0.05, 0.1) is 18.1 Å². The molecule has 0 aromatic heterocycles. The van der Waals surface area contributed by atoms with Gasteiger partial charge in [-0.05, 0) is 29.7 Å². The van der Waals surface area contributed by atoms with Crippen LogP contribution in [0.3, 0.4) is 0 Å². The van der Waals surface area contributed by atoms with Crippen LogP contribution in [0.4, 0.5) is 8.78 Å². The Morgan fingerprint density at radius 3 is 2.74 bits per heavy atom. The van der Waals surface area contributed by atoms with E-state index in [9.17, 15) is 28.0 Å². The molecule has 1 saturated heterocycles. The monoisotopic (exact) mass is 507 g/mol. The summed E-state index contributed by atoms with van der Waals surface area (Å²) in [4.78, 5) is 50.2. The second-order valence-corrected chi connectivity index (χ2v) is 9.19. The Morgan fingerprint density at radius 2 is 2.06 bits per heavy atom. The molecule has 1 aliphatic carbocycles. The molecule has 2 aliphatic heterocycles. The molecule has 3 aliphatic rings. The second-order valence-electron chi connectivity index (χ2n) is 8.79. The Morgan fingerprint density at radius 1 is 1.31 bits per heavy atom. The van der Waals surface area contributed by atoms with Gasteiger partial charge in [0.2, 0.25) is 11.8 Å². The Hall–Kier alpha value is -3.27. The molecular weight excluding hydrogens is 484 g/mol. The quantitative estimate of drug-likeness (QED) is 0.576. The number of hydrogen-bond acceptors (Lipinski definition) is 5. The summed E-state index contributed by atoms with van der Waals surface area (Å²) >= 11 is 6.13. The molecule has 1 aromatic carbocycles. The minimum atomic E-state index is -3.72. The van der Waals surface area contributed by atoms with E-state index in [0.29, 0.717) is 16.7 Å². The van der Waals surface area contributed by atoms with Gasteiger partial charge in [-0.3, -0.25) is 24.5 Å². The number of hydrogen-bond donors (Lipinski definition) is 2. The molecule has 186 valence electrons. The fourth-order valence-electron chi connectivity index (χ4n) is 4.61. The number of carbonyl (C=O) groups is 4. The molecule has 0 spiro atoms. The minimum absolute atomic E-state index is 0.122. The molecule has 3 atom stereocenters. The number of carbonyl (C=O) groups excluding carboxylic acids is 4. The van der Waals surface area contributed by atoms with E-state index in [0.717, 1.165) is 0 Å². The maximum absolute atomic E-state index is 15.0. The minimum Gasteiger partial charge on any atom is -0.496 e. The summed E-state index contributed by atoms with van der Waals surface area (Å²) in [6.07, 6.45) is 2.94. The van der Waals surface area contributed by atoms with Crippen LogP contribution in [0.2, 0.25) is 0 Å². The zero-order chi connectivity index (χ0) is 25.5. The van der Waals surface area contributed by atoms with Crippen LogP contribution >= 0.6 is 11.6 Å². The molecule has 4 rings (SSSR count). The zero-order valence-corrected chi connectivity index (χ0v) is 19.8. The summed E-state index contributed by atoms with van der Waals surface area (Å²) in [7, 11) is 1.38. The highest BCUT2D eigenvalue weighted by molar-refractivity contribution is 6.30. The van der Waals surface area contributed by atoms with Crippen molar-refractivity contribution in [2.24, 2.45) is 11.8 Å². The van der Waals surface area contributed by atoms with Crippen LogP contribution in [0.25, 0.3) is 0 Å². The highest BCUT2D eigenvalue weighted by atomic mass is 35.5. The van der Waals surface area contributed by atoms with Crippen molar-refractivity contribution < 1.29 is 32.7 Å². The molecule has 4 amide bonds. The van der Waals surface area contributed by atoms with Crippen LogP contribution in [0.5, 0.6) is 0 Å². The Balaban J connectivity index is 1.41. The first-order valence-corrected chi connectivity index (χ1v) is 11.5. The number of alkyl halides is 2. The third-order valence-corrected chi connectivity index (χ3v) is 7.14. The zero-order valence-electron chi connectivity index (χ0n) is 19.1. The molecule has 2 heterocycles. The fraction of sp³-hybridized carbons (Fsp3) is 0.417. The van der Waals surface area contributed by atoms with Crippen LogP contribution in [0.1, 0.15) is 41.3 Å². The maximum Gasteiger partial charge on any atom is 0.331 e. The van der Waals surface area contributed by atoms with E-state index >= 15 is 0 Å². The van der Waals surface area contributed by atoms with Crippen molar-refractivity contribution in [2.45, 2.75) is 44.8 Å². The van der Waals surface area contributed by atoms with E-state index in [-0.39, 0.29) is 48.5 Å². The molecule has 0 saturated carbocycles. The number of halogens is 3. The third-order valence-electron chi connectivity index (χ3n) is 6.61. The second kappa shape index (κ2) is 9.41. The van der Waals surface area contributed by atoms with E-state index in [1.165, 1.54) is 31.1 Å². The van der Waals surface area contributed by atoms with E-state index in [2.05, 4.69) is 10.6 Å². The molecule has 2 N–H and O–H groups in total. The van der Waals surface area contributed by atoms with Crippen molar-refractivity contribution in [3.63, 3.8) is 0 Å². The SMILES string of the molecule is COC1=C(Cl)C(C)C(C(F)(F)C(=O)NCc2ccc3c(c2)CN(C2CCC(=O)NC2=O)C3=O)C=C1. The van der Waals surface area contributed by atoms with E-state index < -0.39 is 35.6 Å². The summed E-state index contributed by atoms with van der Waals surface area (Å²) in [6, 6.07) is 4.01. The largest absolute Gasteiger partial charge is 0.496 e. The number of imide groups is 1. The number of amides is 4. The van der Waals surface area contributed by atoms with Crippen molar-refractivity contribution in [1.29, 1.82) is 0 Å². The van der Waals surface area contributed by atoms with Crippen molar-refractivity contribution in [2.75, 3.05) is 7.11 Å². The number of piperidine rings is 1. The first-order valence-electron chi connectivity index (χ1n) is 11.1. The summed E-state index contributed by atoms with van der Waals surface area (Å²) in [5.41, 5.74) is 1.54. The van der Waals surface area contributed by atoms with Gasteiger partial charge in [-0.25, -0.2) is 0 Å². The van der Waals surface area contributed by atoms with Crippen molar-refractivity contribution in [3.8, 4) is 0 Å². The number of benzene rings is 1. The first-order chi connectivity index (χ1) is 16.5.